The minimum absolute atomic E-state index is 0.192. The number of rotatable bonds is 7. The van der Waals surface area contributed by atoms with Crippen LogP contribution in [0.4, 0.5) is 0 Å². The summed E-state index contributed by atoms with van der Waals surface area (Å²) in [7, 11) is 0. The van der Waals surface area contributed by atoms with E-state index in [2.05, 4.69) is 71.4 Å². The highest BCUT2D eigenvalue weighted by atomic mass is 79.9. The lowest BCUT2D eigenvalue weighted by atomic mass is 9.89. The summed E-state index contributed by atoms with van der Waals surface area (Å²) in [6.45, 7) is 2.27. The Morgan fingerprint density at radius 3 is 2.45 bits per heavy atom. The van der Waals surface area contributed by atoms with E-state index in [1.54, 1.807) is 0 Å². The molecule has 0 fully saturated rings. The van der Waals surface area contributed by atoms with Gasteiger partial charge in [-0.2, -0.15) is 0 Å². The van der Waals surface area contributed by atoms with Gasteiger partial charge in [0.25, 0.3) is 0 Å². The van der Waals surface area contributed by atoms with Crippen molar-refractivity contribution in [2.45, 2.75) is 56.2 Å². The molecule has 0 saturated heterocycles. The van der Waals surface area contributed by atoms with E-state index < -0.39 is 0 Å². The van der Waals surface area contributed by atoms with Crippen molar-refractivity contribution in [3.05, 3.63) is 54.1 Å². The van der Waals surface area contributed by atoms with Crippen molar-refractivity contribution in [2.75, 3.05) is 0 Å². The van der Waals surface area contributed by atoms with Crippen molar-refractivity contribution in [1.82, 2.24) is 0 Å². The summed E-state index contributed by atoms with van der Waals surface area (Å²) in [5, 5.41) is 0. The normalized spacial score (nSPS) is 21.8. The highest BCUT2D eigenvalue weighted by Gasteiger charge is 2.24. The molecule has 0 spiro atoms. The van der Waals surface area contributed by atoms with E-state index in [0.717, 1.165) is 6.42 Å². The summed E-state index contributed by atoms with van der Waals surface area (Å²) in [5.41, 5.74) is 2.67. The average molecular weight is 333 g/mol. The van der Waals surface area contributed by atoms with Gasteiger partial charge in [-0.1, -0.05) is 104 Å². The molecule has 0 saturated carbocycles. The molecule has 108 valence electrons. The fourth-order valence-electron chi connectivity index (χ4n) is 2.71. The van der Waals surface area contributed by atoms with Crippen LogP contribution in [0.25, 0.3) is 5.57 Å². The van der Waals surface area contributed by atoms with E-state index in [9.17, 15) is 0 Å². The Morgan fingerprint density at radius 2 is 1.80 bits per heavy atom. The Kier molecular flexibility index (Phi) is 6.09. The quantitative estimate of drug-likeness (QED) is 0.393. The molecule has 1 aliphatic rings. The predicted molar refractivity (Wildman–Crippen MR) is 93.2 cm³/mol. The van der Waals surface area contributed by atoms with Gasteiger partial charge in [-0.15, -0.1) is 0 Å². The van der Waals surface area contributed by atoms with E-state index in [1.807, 2.05) is 0 Å². The van der Waals surface area contributed by atoms with Crippen molar-refractivity contribution in [3.63, 3.8) is 0 Å². The maximum atomic E-state index is 3.93. The first-order chi connectivity index (χ1) is 9.73. The van der Waals surface area contributed by atoms with Crippen molar-refractivity contribution < 1.29 is 0 Å². The summed E-state index contributed by atoms with van der Waals surface area (Å²) in [6, 6.07) is 10.6. The van der Waals surface area contributed by atoms with Gasteiger partial charge in [0.1, 0.15) is 0 Å². The monoisotopic (exact) mass is 332 g/mol. The third-order valence-electron chi connectivity index (χ3n) is 4.03. The van der Waals surface area contributed by atoms with E-state index in [0.29, 0.717) is 0 Å². The summed E-state index contributed by atoms with van der Waals surface area (Å²) in [6.07, 6.45) is 16.1. The van der Waals surface area contributed by atoms with Gasteiger partial charge in [0.15, 0.2) is 0 Å². The summed E-state index contributed by atoms with van der Waals surface area (Å²) in [4.78, 5) is 0. The lowest BCUT2D eigenvalue weighted by Crippen LogP contribution is -2.18. The van der Waals surface area contributed by atoms with Crippen molar-refractivity contribution in [2.24, 2.45) is 0 Å². The number of allylic oxidation sites excluding steroid dienone is 4. The standard InChI is InChI=1S/C19H25Br/c1-2-3-4-5-9-14-19(20)15-12-18(13-16-19)17-10-7-6-8-11-17/h6-8,10-13,15H,2-5,9,14,16H2,1H3/t19-/m1/s1. The van der Waals surface area contributed by atoms with Gasteiger partial charge >= 0.3 is 0 Å². The molecule has 1 heteroatoms. The van der Waals surface area contributed by atoms with Crippen LogP contribution in [0, 0.1) is 0 Å². The molecule has 2 rings (SSSR count). The van der Waals surface area contributed by atoms with Gasteiger partial charge in [0.05, 0.1) is 0 Å². The minimum atomic E-state index is 0.192. The average Bonchev–Trinajstić information content (AvgIpc) is 2.49. The third-order valence-corrected chi connectivity index (χ3v) is 5.01. The van der Waals surface area contributed by atoms with Crippen LogP contribution in [0.15, 0.2) is 48.6 Å². The largest absolute Gasteiger partial charge is 0.0804 e. The van der Waals surface area contributed by atoms with Gasteiger partial charge in [0, 0.05) is 4.32 Å². The van der Waals surface area contributed by atoms with Crippen molar-refractivity contribution >= 4 is 21.5 Å². The molecule has 1 aromatic rings. The molecular weight excluding hydrogens is 308 g/mol. The van der Waals surface area contributed by atoms with Crippen LogP contribution in [0.2, 0.25) is 0 Å². The smallest absolute Gasteiger partial charge is 0.0474 e. The molecule has 20 heavy (non-hydrogen) atoms. The molecule has 0 N–H and O–H groups in total. The van der Waals surface area contributed by atoms with Crippen LogP contribution in [0.3, 0.4) is 0 Å². The summed E-state index contributed by atoms with van der Waals surface area (Å²) < 4.78 is 0.192. The van der Waals surface area contributed by atoms with Crippen molar-refractivity contribution in [3.8, 4) is 0 Å². The first-order valence-electron chi connectivity index (χ1n) is 7.87. The molecule has 1 aliphatic carbocycles. The van der Waals surface area contributed by atoms with Crippen LogP contribution in [0.5, 0.6) is 0 Å². The van der Waals surface area contributed by atoms with E-state index in [-0.39, 0.29) is 4.32 Å². The van der Waals surface area contributed by atoms with Crippen LogP contribution < -0.4 is 0 Å². The zero-order valence-corrected chi connectivity index (χ0v) is 14.0. The second kappa shape index (κ2) is 7.83. The predicted octanol–water partition coefficient (Wildman–Crippen LogP) is 6.52. The van der Waals surface area contributed by atoms with Crippen LogP contribution in [-0.2, 0) is 0 Å². The lowest BCUT2D eigenvalue weighted by molar-refractivity contribution is 0.560. The Bertz CT molecular complexity index is 458. The van der Waals surface area contributed by atoms with Gasteiger partial charge < -0.3 is 0 Å². The van der Waals surface area contributed by atoms with Gasteiger partial charge in [0.2, 0.25) is 0 Å². The molecule has 0 radical (unpaired) electrons. The molecule has 0 bridgehead atoms. The molecule has 0 amide bonds. The Balaban J connectivity index is 1.83. The molecule has 0 heterocycles. The van der Waals surface area contributed by atoms with Crippen LogP contribution in [-0.4, -0.2) is 4.32 Å². The maximum Gasteiger partial charge on any atom is 0.0474 e. The molecule has 0 unspecified atom stereocenters. The summed E-state index contributed by atoms with van der Waals surface area (Å²) in [5.74, 6) is 0. The van der Waals surface area contributed by atoms with Gasteiger partial charge in [-0.3, -0.25) is 0 Å². The minimum Gasteiger partial charge on any atom is -0.0804 e. The number of benzene rings is 1. The fourth-order valence-corrected chi connectivity index (χ4v) is 3.28. The molecule has 1 aromatic carbocycles. The zero-order valence-electron chi connectivity index (χ0n) is 12.4. The first kappa shape index (κ1) is 15.6. The lowest BCUT2D eigenvalue weighted by Gasteiger charge is -2.26. The van der Waals surface area contributed by atoms with Crippen molar-refractivity contribution in [1.29, 1.82) is 0 Å². The Labute approximate surface area is 132 Å². The number of unbranched alkanes of at least 4 members (excludes halogenated alkanes) is 4. The third kappa shape index (κ3) is 4.63. The van der Waals surface area contributed by atoms with Crippen LogP contribution in [0.1, 0.15) is 57.4 Å². The van der Waals surface area contributed by atoms with E-state index in [1.165, 1.54) is 49.7 Å². The fraction of sp³-hybridized carbons (Fsp3) is 0.474. The topological polar surface area (TPSA) is 0 Å². The second-order valence-electron chi connectivity index (χ2n) is 5.76. The molecule has 0 nitrogen and oxygen atoms in total. The zero-order chi connectivity index (χ0) is 14.3. The SMILES string of the molecule is CCCCCCC[C@@]1(Br)C=CC(c2ccccc2)=CC1. The van der Waals surface area contributed by atoms with Gasteiger partial charge in [-0.25, -0.2) is 0 Å². The molecule has 0 aromatic heterocycles. The summed E-state index contributed by atoms with van der Waals surface area (Å²) >= 11 is 3.93. The van der Waals surface area contributed by atoms with E-state index in [4.69, 9.17) is 0 Å². The van der Waals surface area contributed by atoms with Crippen LogP contribution >= 0.6 is 15.9 Å². The van der Waals surface area contributed by atoms with E-state index >= 15 is 0 Å². The Morgan fingerprint density at radius 1 is 1.05 bits per heavy atom. The molecule has 0 aliphatic heterocycles. The number of halogens is 1. The molecular formula is C19H25Br. The highest BCUT2D eigenvalue weighted by Crippen LogP contribution is 2.37. The number of alkyl halides is 1. The highest BCUT2D eigenvalue weighted by molar-refractivity contribution is 9.10. The number of hydrogen-bond donors (Lipinski definition) is 0. The Hall–Kier alpha value is -0.820. The number of hydrogen-bond acceptors (Lipinski definition) is 0. The first-order valence-corrected chi connectivity index (χ1v) is 8.66. The molecule has 1 atom stereocenters. The second-order valence-corrected chi connectivity index (χ2v) is 7.34. The van der Waals surface area contributed by atoms with Gasteiger partial charge in [-0.05, 0) is 24.0 Å². The maximum absolute atomic E-state index is 3.93.